The Morgan fingerprint density at radius 2 is 1.36 bits per heavy atom. The number of hydrogen-bond donors (Lipinski definition) is 0. The van der Waals surface area contributed by atoms with E-state index in [9.17, 15) is 33.7 Å². The van der Waals surface area contributed by atoms with E-state index in [0.717, 1.165) is 34.6 Å². The fourth-order valence-corrected chi connectivity index (χ4v) is 2.92. The number of ether oxygens (including phenoxy) is 7. The Labute approximate surface area is 205 Å². The van der Waals surface area contributed by atoms with Gasteiger partial charge in [0.1, 0.15) is 6.61 Å². The molecule has 0 radical (unpaired) electrons. The molecule has 0 aromatic carbocycles. The van der Waals surface area contributed by atoms with E-state index in [4.69, 9.17) is 33.2 Å². The Hall–Kier alpha value is -3.88. The first-order valence-electron chi connectivity index (χ1n) is 10.5. The Balaban J connectivity index is 3.72. The minimum absolute atomic E-state index is 0.0232. The minimum atomic E-state index is -1.95. The SMILES string of the molecule is CC(=O)OCC(OC(C)=O)C(OC(C)=O)/C(OC(C)=O)=C(\OC(C)=O)C(=O)OC1(N=O)CCOCC1. The van der Waals surface area contributed by atoms with Gasteiger partial charge in [0.05, 0.1) is 13.2 Å². The van der Waals surface area contributed by atoms with E-state index >= 15 is 0 Å². The summed E-state index contributed by atoms with van der Waals surface area (Å²) in [6.45, 7) is 4.07. The van der Waals surface area contributed by atoms with Crippen LogP contribution < -0.4 is 0 Å². The quantitative estimate of drug-likeness (QED) is 0.121. The molecule has 0 saturated carbocycles. The van der Waals surface area contributed by atoms with Gasteiger partial charge in [-0.2, -0.15) is 0 Å². The van der Waals surface area contributed by atoms with Crippen LogP contribution in [0.5, 0.6) is 0 Å². The molecule has 36 heavy (non-hydrogen) atoms. The monoisotopic (exact) mass is 517 g/mol. The molecule has 2 atom stereocenters. The van der Waals surface area contributed by atoms with E-state index in [1.165, 1.54) is 0 Å². The maximum atomic E-state index is 13.1. The zero-order chi connectivity index (χ0) is 27.5. The molecule has 1 rings (SSSR count). The Morgan fingerprint density at radius 1 is 0.806 bits per heavy atom. The second kappa shape index (κ2) is 13.9. The second-order valence-corrected chi connectivity index (χ2v) is 7.40. The summed E-state index contributed by atoms with van der Waals surface area (Å²) in [7, 11) is 0. The Bertz CT molecular complexity index is 918. The predicted molar refractivity (Wildman–Crippen MR) is 113 cm³/mol. The van der Waals surface area contributed by atoms with Crippen molar-refractivity contribution in [3.05, 3.63) is 16.4 Å². The third kappa shape index (κ3) is 9.77. The highest BCUT2D eigenvalue weighted by Crippen LogP contribution is 2.30. The van der Waals surface area contributed by atoms with Crippen molar-refractivity contribution < 1.29 is 61.9 Å². The number of hydrogen-bond acceptors (Lipinski definition) is 15. The molecular formula is C21H27NO14. The molecule has 1 heterocycles. The van der Waals surface area contributed by atoms with Gasteiger partial charge < -0.3 is 33.2 Å². The molecule has 1 saturated heterocycles. The number of esters is 6. The van der Waals surface area contributed by atoms with Gasteiger partial charge in [-0.05, 0) is 5.18 Å². The van der Waals surface area contributed by atoms with Gasteiger partial charge in [-0.15, -0.1) is 4.91 Å². The van der Waals surface area contributed by atoms with Crippen LogP contribution in [-0.2, 0) is 61.9 Å². The molecule has 0 N–H and O–H groups in total. The van der Waals surface area contributed by atoms with Crippen LogP contribution in [0, 0.1) is 4.91 Å². The standard InChI is InChI=1S/C21H27NO14/c1-11(23)31-10-16(32-12(2)24)17(33-13(3)25)18(34-14(4)26)19(35-15(5)27)20(28)36-21(22-29)6-8-30-9-7-21/h16-17H,6-10H2,1-5H3/b19-18+. The summed E-state index contributed by atoms with van der Waals surface area (Å²) >= 11 is 0. The summed E-state index contributed by atoms with van der Waals surface area (Å²) < 4.78 is 35.3. The van der Waals surface area contributed by atoms with Gasteiger partial charge in [-0.1, -0.05) is 0 Å². The lowest BCUT2D eigenvalue weighted by atomic mass is 10.1. The van der Waals surface area contributed by atoms with Crippen molar-refractivity contribution in [1.82, 2.24) is 0 Å². The van der Waals surface area contributed by atoms with Crippen molar-refractivity contribution in [3.63, 3.8) is 0 Å². The maximum absolute atomic E-state index is 13.1. The summed E-state index contributed by atoms with van der Waals surface area (Å²) in [6, 6.07) is 0. The highest BCUT2D eigenvalue weighted by molar-refractivity contribution is 5.91. The van der Waals surface area contributed by atoms with E-state index in [1.54, 1.807) is 0 Å². The molecule has 1 aliphatic heterocycles. The molecule has 15 heteroatoms. The number of nitroso groups, excluding NO2 is 1. The lowest BCUT2D eigenvalue weighted by Gasteiger charge is -2.31. The number of nitrogens with zero attached hydrogens (tertiary/aromatic N) is 1. The molecule has 0 spiro atoms. The van der Waals surface area contributed by atoms with E-state index in [1.807, 2.05) is 0 Å². The molecule has 1 fully saturated rings. The second-order valence-electron chi connectivity index (χ2n) is 7.40. The Morgan fingerprint density at radius 3 is 1.81 bits per heavy atom. The van der Waals surface area contributed by atoms with Gasteiger partial charge in [0, 0.05) is 47.5 Å². The summed E-state index contributed by atoms with van der Waals surface area (Å²) in [5, 5.41) is 2.86. The summed E-state index contributed by atoms with van der Waals surface area (Å²) in [4.78, 5) is 83.3. The predicted octanol–water partition coefficient (Wildman–Crippen LogP) is 0.567. The fraction of sp³-hybridized carbons (Fsp3) is 0.619. The van der Waals surface area contributed by atoms with Crippen molar-refractivity contribution >= 4 is 35.8 Å². The van der Waals surface area contributed by atoms with Gasteiger partial charge in [0.15, 0.2) is 6.10 Å². The van der Waals surface area contributed by atoms with Crippen LogP contribution in [0.25, 0.3) is 0 Å². The van der Waals surface area contributed by atoms with Crippen LogP contribution in [-0.4, -0.2) is 73.6 Å². The molecule has 1 aliphatic rings. The first-order chi connectivity index (χ1) is 16.8. The van der Waals surface area contributed by atoms with E-state index in [2.05, 4.69) is 5.18 Å². The van der Waals surface area contributed by atoms with Crippen molar-refractivity contribution in [3.8, 4) is 0 Å². The molecule has 0 aliphatic carbocycles. The van der Waals surface area contributed by atoms with Crippen LogP contribution in [0.15, 0.2) is 16.7 Å². The topological polar surface area (TPSA) is 196 Å². The number of rotatable bonds is 11. The molecule has 200 valence electrons. The van der Waals surface area contributed by atoms with Crippen molar-refractivity contribution in [2.24, 2.45) is 5.18 Å². The smallest absolute Gasteiger partial charge is 0.380 e. The molecule has 0 amide bonds. The zero-order valence-corrected chi connectivity index (χ0v) is 20.4. The van der Waals surface area contributed by atoms with Gasteiger partial charge in [0.2, 0.25) is 17.6 Å². The van der Waals surface area contributed by atoms with Crippen molar-refractivity contribution in [1.29, 1.82) is 0 Å². The normalized spacial score (nSPS) is 16.7. The van der Waals surface area contributed by atoms with Gasteiger partial charge in [0.25, 0.3) is 5.76 Å². The lowest BCUT2D eigenvalue weighted by molar-refractivity contribution is -0.177. The third-order valence-corrected chi connectivity index (χ3v) is 4.29. The van der Waals surface area contributed by atoms with Crippen LogP contribution in [0.3, 0.4) is 0 Å². The zero-order valence-electron chi connectivity index (χ0n) is 20.4. The van der Waals surface area contributed by atoms with Crippen LogP contribution in [0.4, 0.5) is 0 Å². The lowest BCUT2D eigenvalue weighted by Crippen LogP contribution is -2.43. The molecule has 0 aromatic rings. The van der Waals surface area contributed by atoms with E-state index in [-0.39, 0.29) is 26.1 Å². The van der Waals surface area contributed by atoms with E-state index in [0.29, 0.717) is 0 Å². The minimum Gasteiger partial charge on any atom is -0.462 e. The number of carbonyl (C=O) groups excluding carboxylic acids is 6. The summed E-state index contributed by atoms with van der Waals surface area (Å²) in [6.07, 6.45) is -3.89. The highest BCUT2D eigenvalue weighted by Gasteiger charge is 2.44. The molecular weight excluding hydrogens is 490 g/mol. The van der Waals surface area contributed by atoms with Crippen molar-refractivity contribution in [2.75, 3.05) is 19.8 Å². The average Bonchev–Trinajstić information content (AvgIpc) is 2.77. The van der Waals surface area contributed by atoms with Crippen LogP contribution >= 0.6 is 0 Å². The first-order valence-corrected chi connectivity index (χ1v) is 10.5. The van der Waals surface area contributed by atoms with Gasteiger partial charge in [-0.3, -0.25) is 24.0 Å². The van der Waals surface area contributed by atoms with Crippen molar-refractivity contribution in [2.45, 2.75) is 65.4 Å². The highest BCUT2D eigenvalue weighted by atomic mass is 16.6. The molecule has 0 bridgehead atoms. The number of carbonyl (C=O) groups is 6. The Kier molecular flexibility index (Phi) is 11.6. The average molecular weight is 517 g/mol. The molecule has 2 unspecified atom stereocenters. The first kappa shape index (κ1) is 30.2. The molecule has 0 aromatic heterocycles. The molecule has 15 nitrogen and oxygen atoms in total. The fourth-order valence-electron chi connectivity index (χ4n) is 2.92. The maximum Gasteiger partial charge on any atom is 0.380 e. The third-order valence-electron chi connectivity index (χ3n) is 4.29. The van der Waals surface area contributed by atoms with Gasteiger partial charge in [-0.25, -0.2) is 4.79 Å². The van der Waals surface area contributed by atoms with Crippen LogP contribution in [0.1, 0.15) is 47.5 Å². The summed E-state index contributed by atoms with van der Waals surface area (Å²) in [5.41, 5.74) is -1.90. The van der Waals surface area contributed by atoms with Crippen LogP contribution in [0.2, 0.25) is 0 Å². The van der Waals surface area contributed by atoms with E-state index < -0.39 is 71.9 Å². The largest absolute Gasteiger partial charge is 0.462 e. The van der Waals surface area contributed by atoms with Gasteiger partial charge >= 0.3 is 35.8 Å². The summed E-state index contributed by atoms with van der Waals surface area (Å²) in [5.74, 6) is -8.47.